The summed E-state index contributed by atoms with van der Waals surface area (Å²) in [5.74, 6) is -1.48. The topological polar surface area (TPSA) is 57.5 Å². The van der Waals surface area contributed by atoms with Crippen LogP contribution < -0.4 is 0 Å². The molecular weight excluding hydrogens is 192 g/mol. The molecule has 1 atom stereocenters. The molecule has 3 nitrogen and oxygen atoms in total. The first-order chi connectivity index (χ1) is 7.06. The maximum Gasteiger partial charge on any atom is 0.311 e. The van der Waals surface area contributed by atoms with Crippen molar-refractivity contribution in [1.82, 2.24) is 0 Å². The third-order valence-electron chi connectivity index (χ3n) is 2.65. The van der Waals surface area contributed by atoms with Gasteiger partial charge in [0, 0.05) is 6.61 Å². The summed E-state index contributed by atoms with van der Waals surface area (Å²) in [5.41, 5.74) is 2.99. The summed E-state index contributed by atoms with van der Waals surface area (Å²) in [6.45, 7) is 3.83. The van der Waals surface area contributed by atoms with Gasteiger partial charge in [-0.15, -0.1) is 0 Å². The number of aliphatic hydroxyl groups is 1. The molecule has 0 saturated carbocycles. The van der Waals surface area contributed by atoms with Crippen molar-refractivity contribution in [3.8, 4) is 0 Å². The van der Waals surface area contributed by atoms with Crippen molar-refractivity contribution in [3.05, 3.63) is 34.9 Å². The van der Waals surface area contributed by atoms with Crippen LogP contribution in [0.3, 0.4) is 0 Å². The van der Waals surface area contributed by atoms with Crippen LogP contribution in [-0.4, -0.2) is 22.8 Å². The number of hydrogen-bond donors (Lipinski definition) is 2. The van der Waals surface area contributed by atoms with Gasteiger partial charge in [0.25, 0.3) is 0 Å². The van der Waals surface area contributed by atoms with E-state index < -0.39 is 11.9 Å². The molecule has 82 valence electrons. The van der Waals surface area contributed by atoms with Gasteiger partial charge in [-0.05, 0) is 37.0 Å². The van der Waals surface area contributed by atoms with Crippen LogP contribution in [0.4, 0.5) is 0 Å². The fourth-order valence-corrected chi connectivity index (χ4v) is 1.54. The van der Waals surface area contributed by atoms with E-state index in [1.807, 2.05) is 32.0 Å². The van der Waals surface area contributed by atoms with Gasteiger partial charge in [-0.2, -0.15) is 0 Å². The van der Waals surface area contributed by atoms with Gasteiger partial charge < -0.3 is 10.2 Å². The minimum absolute atomic E-state index is 0.107. The lowest BCUT2D eigenvalue weighted by Gasteiger charge is -2.12. The van der Waals surface area contributed by atoms with E-state index in [-0.39, 0.29) is 13.0 Å². The van der Waals surface area contributed by atoms with Gasteiger partial charge in [-0.3, -0.25) is 4.79 Å². The van der Waals surface area contributed by atoms with Crippen LogP contribution in [-0.2, 0) is 4.79 Å². The Balaban J connectivity index is 3.01. The molecule has 0 saturated heterocycles. The van der Waals surface area contributed by atoms with Crippen molar-refractivity contribution in [2.24, 2.45) is 0 Å². The van der Waals surface area contributed by atoms with Gasteiger partial charge >= 0.3 is 5.97 Å². The Kier molecular flexibility index (Phi) is 3.86. The second-order valence-electron chi connectivity index (χ2n) is 3.75. The molecule has 2 N–H and O–H groups in total. The second kappa shape index (κ2) is 4.94. The molecule has 0 fully saturated rings. The lowest BCUT2D eigenvalue weighted by Crippen LogP contribution is -2.13. The summed E-state index contributed by atoms with van der Waals surface area (Å²) in [6, 6.07) is 5.61. The molecule has 15 heavy (non-hydrogen) atoms. The highest BCUT2D eigenvalue weighted by atomic mass is 16.4. The maximum absolute atomic E-state index is 11.0. The van der Waals surface area contributed by atoms with Crippen molar-refractivity contribution >= 4 is 5.97 Å². The molecule has 1 unspecified atom stereocenters. The standard InChI is InChI=1S/C12H16O3/c1-8-3-4-10(7-9(8)2)11(5-6-13)12(14)15/h3-4,7,11,13H,5-6H2,1-2H3,(H,14,15). The van der Waals surface area contributed by atoms with Crippen molar-refractivity contribution < 1.29 is 15.0 Å². The lowest BCUT2D eigenvalue weighted by atomic mass is 9.93. The fourth-order valence-electron chi connectivity index (χ4n) is 1.54. The molecule has 1 rings (SSSR count). The normalized spacial score (nSPS) is 12.5. The Bertz CT molecular complexity index is 358. The number of rotatable bonds is 4. The third kappa shape index (κ3) is 2.80. The Morgan fingerprint density at radius 3 is 2.47 bits per heavy atom. The molecule has 1 aromatic rings. The first-order valence-corrected chi connectivity index (χ1v) is 4.97. The summed E-state index contributed by atoms with van der Waals surface area (Å²) in [5, 5.41) is 17.8. The van der Waals surface area contributed by atoms with Gasteiger partial charge in [0.1, 0.15) is 0 Å². The van der Waals surface area contributed by atoms with E-state index in [2.05, 4.69) is 0 Å². The van der Waals surface area contributed by atoms with Crippen molar-refractivity contribution in [1.29, 1.82) is 0 Å². The number of benzene rings is 1. The molecule has 0 aliphatic rings. The summed E-state index contributed by atoms with van der Waals surface area (Å²) < 4.78 is 0. The zero-order chi connectivity index (χ0) is 11.4. The number of aliphatic hydroxyl groups excluding tert-OH is 1. The maximum atomic E-state index is 11.0. The van der Waals surface area contributed by atoms with Crippen LogP contribution in [0.2, 0.25) is 0 Å². The van der Waals surface area contributed by atoms with Crippen LogP contribution in [0, 0.1) is 13.8 Å². The third-order valence-corrected chi connectivity index (χ3v) is 2.65. The molecule has 0 bridgehead atoms. The van der Waals surface area contributed by atoms with Crippen LogP contribution in [0.15, 0.2) is 18.2 Å². The molecule has 0 radical (unpaired) electrons. The van der Waals surface area contributed by atoms with Gasteiger partial charge in [-0.1, -0.05) is 18.2 Å². The van der Waals surface area contributed by atoms with Crippen molar-refractivity contribution in [2.75, 3.05) is 6.61 Å². The zero-order valence-corrected chi connectivity index (χ0v) is 9.03. The van der Waals surface area contributed by atoms with Crippen molar-refractivity contribution in [2.45, 2.75) is 26.2 Å². The van der Waals surface area contributed by atoms with Gasteiger partial charge in [-0.25, -0.2) is 0 Å². The molecule has 0 aliphatic heterocycles. The van der Waals surface area contributed by atoms with Gasteiger partial charge in [0.15, 0.2) is 0 Å². The number of carbonyl (C=O) groups is 1. The predicted molar refractivity (Wildman–Crippen MR) is 58.0 cm³/mol. The van der Waals surface area contributed by atoms with Crippen LogP contribution in [0.25, 0.3) is 0 Å². The van der Waals surface area contributed by atoms with E-state index >= 15 is 0 Å². The zero-order valence-electron chi connectivity index (χ0n) is 9.03. The Morgan fingerprint density at radius 2 is 2.00 bits per heavy atom. The Labute approximate surface area is 89.4 Å². The molecule has 1 aromatic carbocycles. The lowest BCUT2D eigenvalue weighted by molar-refractivity contribution is -0.139. The van der Waals surface area contributed by atoms with Crippen LogP contribution in [0.1, 0.15) is 29.0 Å². The summed E-state index contributed by atoms with van der Waals surface area (Å²) in [4.78, 5) is 11.0. The average molecular weight is 208 g/mol. The molecular formula is C12H16O3. The number of hydrogen-bond acceptors (Lipinski definition) is 2. The van der Waals surface area contributed by atoms with E-state index in [0.29, 0.717) is 0 Å². The highest BCUT2D eigenvalue weighted by molar-refractivity contribution is 5.76. The van der Waals surface area contributed by atoms with Crippen LogP contribution in [0.5, 0.6) is 0 Å². The molecule has 0 aliphatic carbocycles. The molecule has 3 heteroatoms. The van der Waals surface area contributed by atoms with E-state index in [1.54, 1.807) is 0 Å². The molecule has 0 aromatic heterocycles. The Morgan fingerprint density at radius 1 is 1.33 bits per heavy atom. The number of carboxylic acids is 1. The minimum atomic E-state index is -0.882. The monoisotopic (exact) mass is 208 g/mol. The van der Waals surface area contributed by atoms with Crippen molar-refractivity contribution in [3.63, 3.8) is 0 Å². The quantitative estimate of drug-likeness (QED) is 0.794. The predicted octanol–water partition coefficient (Wildman–Crippen LogP) is 1.85. The Hall–Kier alpha value is -1.35. The average Bonchev–Trinajstić information content (AvgIpc) is 2.18. The summed E-state index contributed by atoms with van der Waals surface area (Å²) in [7, 11) is 0. The number of aryl methyl sites for hydroxylation is 2. The fraction of sp³-hybridized carbons (Fsp3) is 0.417. The minimum Gasteiger partial charge on any atom is -0.481 e. The first-order valence-electron chi connectivity index (χ1n) is 4.97. The first kappa shape index (κ1) is 11.7. The highest BCUT2D eigenvalue weighted by Gasteiger charge is 2.19. The summed E-state index contributed by atoms with van der Waals surface area (Å²) in [6.07, 6.45) is 0.262. The van der Waals surface area contributed by atoms with E-state index in [4.69, 9.17) is 10.2 Å². The smallest absolute Gasteiger partial charge is 0.311 e. The van der Waals surface area contributed by atoms with E-state index in [9.17, 15) is 4.79 Å². The summed E-state index contributed by atoms with van der Waals surface area (Å²) >= 11 is 0. The van der Waals surface area contributed by atoms with Crippen LogP contribution >= 0.6 is 0 Å². The largest absolute Gasteiger partial charge is 0.481 e. The van der Waals surface area contributed by atoms with Gasteiger partial charge in [0.05, 0.1) is 5.92 Å². The second-order valence-corrected chi connectivity index (χ2v) is 3.75. The van der Waals surface area contributed by atoms with Gasteiger partial charge in [0.2, 0.25) is 0 Å². The number of aliphatic carboxylic acids is 1. The van der Waals surface area contributed by atoms with E-state index in [1.165, 1.54) is 0 Å². The molecule has 0 heterocycles. The number of carboxylic acid groups (broad SMARTS) is 1. The SMILES string of the molecule is Cc1ccc(C(CCO)C(=O)O)cc1C. The molecule has 0 amide bonds. The molecule has 0 spiro atoms. The van der Waals surface area contributed by atoms with E-state index in [0.717, 1.165) is 16.7 Å². The highest BCUT2D eigenvalue weighted by Crippen LogP contribution is 2.22.